The monoisotopic (exact) mass is 412 g/mol. The Kier molecular flexibility index (Phi) is 13.2. The van der Waals surface area contributed by atoms with Crippen LogP contribution in [-0.2, 0) is 13.0 Å². The minimum Gasteiger partial charge on any atom is -0.333 e. The predicted octanol–water partition coefficient (Wildman–Crippen LogP) is 4.05. The molecule has 0 aliphatic carbocycles. The van der Waals surface area contributed by atoms with Crippen LogP contribution in [0.1, 0.15) is 62.9 Å². The van der Waals surface area contributed by atoms with Gasteiger partial charge in [-0.1, -0.05) is 13.3 Å². The zero-order chi connectivity index (χ0) is 15.2. The van der Waals surface area contributed by atoms with Gasteiger partial charge in [0.15, 0.2) is 0 Å². The topological polar surface area (TPSA) is 33.1 Å². The fraction of sp³-hybridized carbons (Fsp3) is 0.833. The van der Waals surface area contributed by atoms with Gasteiger partial charge in [-0.25, -0.2) is 4.98 Å². The molecular weight excluding hydrogens is 379 g/mol. The van der Waals surface area contributed by atoms with Crippen LogP contribution in [0.2, 0.25) is 0 Å². The first kappa shape index (κ1) is 25.0. The normalized spacial score (nSPS) is 18.3. The molecule has 1 aromatic rings. The molecule has 0 spiro atoms. The summed E-state index contributed by atoms with van der Waals surface area (Å²) in [5.74, 6) is 2.03. The van der Waals surface area contributed by atoms with E-state index in [1.165, 1.54) is 69.7 Å². The Labute approximate surface area is 171 Å². The second-order valence-corrected chi connectivity index (χ2v) is 6.96. The molecule has 2 fully saturated rings. The number of hydrogen-bond acceptors (Lipinski definition) is 3. The van der Waals surface area contributed by atoms with Gasteiger partial charge in [0.1, 0.15) is 5.82 Å². The number of imidazole rings is 1. The molecule has 0 bridgehead atoms. The van der Waals surface area contributed by atoms with Crippen molar-refractivity contribution >= 4 is 37.2 Å². The molecule has 2 aliphatic heterocycles. The molecule has 0 saturated carbocycles. The van der Waals surface area contributed by atoms with Crippen molar-refractivity contribution in [1.29, 1.82) is 0 Å². The summed E-state index contributed by atoms with van der Waals surface area (Å²) in [5, 5.41) is 3.48. The fourth-order valence-electron chi connectivity index (χ4n) is 3.80. The molecular formula is C18H35Cl3N4. The summed E-state index contributed by atoms with van der Waals surface area (Å²) in [7, 11) is 0. The Morgan fingerprint density at radius 1 is 1.08 bits per heavy atom. The maximum atomic E-state index is 5.03. The van der Waals surface area contributed by atoms with Crippen LogP contribution in [-0.4, -0.2) is 47.2 Å². The molecule has 0 atom stereocenters. The van der Waals surface area contributed by atoms with E-state index in [1.807, 2.05) is 0 Å². The highest BCUT2D eigenvalue weighted by atomic mass is 35.5. The summed E-state index contributed by atoms with van der Waals surface area (Å²) >= 11 is 0. The first-order valence-corrected chi connectivity index (χ1v) is 9.36. The van der Waals surface area contributed by atoms with E-state index in [0.717, 1.165) is 26.1 Å². The van der Waals surface area contributed by atoms with Crippen LogP contribution in [0, 0.1) is 0 Å². The minimum absolute atomic E-state index is 0. The van der Waals surface area contributed by atoms with E-state index in [9.17, 15) is 0 Å². The van der Waals surface area contributed by atoms with Gasteiger partial charge in [0.05, 0.1) is 5.69 Å². The fourth-order valence-corrected chi connectivity index (χ4v) is 3.80. The molecule has 148 valence electrons. The molecule has 0 amide bonds. The second kappa shape index (κ2) is 13.2. The molecule has 0 aromatic carbocycles. The first-order chi connectivity index (χ1) is 10.9. The third-order valence-corrected chi connectivity index (χ3v) is 5.20. The summed E-state index contributed by atoms with van der Waals surface area (Å²) < 4.78 is 2.49. The molecule has 0 unspecified atom stereocenters. The first-order valence-electron chi connectivity index (χ1n) is 9.36. The quantitative estimate of drug-likeness (QED) is 0.732. The molecule has 1 aromatic heterocycles. The number of rotatable bonds is 7. The van der Waals surface area contributed by atoms with Crippen LogP contribution in [0.5, 0.6) is 0 Å². The van der Waals surface area contributed by atoms with Crippen molar-refractivity contribution in [1.82, 2.24) is 19.8 Å². The average molecular weight is 414 g/mol. The summed E-state index contributed by atoms with van der Waals surface area (Å²) in [6, 6.07) is 0. The maximum Gasteiger partial charge on any atom is 0.112 e. The summed E-state index contributed by atoms with van der Waals surface area (Å²) in [6.07, 6.45) is 11.3. The van der Waals surface area contributed by atoms with Gasteiger partial charge in [-0.3, -0.25) is 0 Å². The van der Waals surface area contributed by atoms with Gasteiger partial charge >= 0.3 is 0 Å². The molecule has 0 radical (unpaired) electrons. The molecule has 3 heterocycles. The van der Waals surface area contributed by atoms with Crippen molar-refractivity contribution in [3.63, 3.8) is 0 Å². The zero-order valence-corrected chi connectivity index (χ0v) is 17.9. The Morgan fingerprint density at radius 3 is 2.40 bits per heavy atom. The summed E-state index contributed by atoms with van der Waals surface area (Å²) in [5.41, 5.74) is 1.32. The third-order valence-electron chi connectivity index (χ3n) is 5.20. The molecule has 25 heavy (non-hydrogen) atoms. The summed E-state index contributed by atoms with van der Waals surface area (Å²) in [4.78, 5) is 7.64. The number of likely N-dealkylation sites (tertiary alicyclic amines) is 1. The maximum absolute atomic E-state index is 5.03. The molecule has 3 rings (SSSR count). The molecule has 4 nitrogen and oxygen atoms in total. The van der Waals surface area contributed by atoms with E-state index in [1.54, 1.807) is 0 Å². The SMILES string of the molecule is CCCCc1cn(CCN2CCCC2)c(C2CCNCC2)n1.Cl.Cl.Cl. The molecule has 7 heteroatoms. The lowest BCUT2D eigenvalue weighted by Crippen LogP contribution is -2.29. The highest BCUT2D eigenvalue weighted by Crippen LogP contribution is 2.25. The largest absolute Gasteiger partial charge is 0.333 e. The number of nitrogens with one attached hydrogen (secondary N) is 1. The Morgan fingerprint density at radius 2 is 1.76 bits per heavy atom. The van der Waals surface area contributed by atoms with Gasteiger partial charge in [0.25, 0.3) is 0 Å². The average Bonchev–Trinajstić information content (AvgIpc) is 3.21. The Bertz CT molecular complexity index is 455. The standard InChI is InChI=1S/C18H32N4.3ClH/c1-2-3-6-17-15-22(14-13-21-11-4-5-12-21)18(20-17)16-7-9-19-10-8-16;;;/h15-16,19H,2-14H2,1H3;3*1H. The lowest BCUT2D eigenvalue weighted by Gasteiger charge is -2.24. The van der Waals surface area contributed by atoms with Crippen molar-refractivity contribution < 1.29 is 0 Å². The van der Waals surface area contributed by atoms with Crippen LogP contribution in [0.15, 0.2) is 6.20 Å². The molecule has 2 saturated heterocycles. The van der Waals surface area contributed by atoms with E-state index in [0.29, 0.717) is 5.92 Å². The Hall–Kier alpha value is -0.000000000000000111. The van der Waals surface area contributed by atoms with Gasteiger partial charge < -0.3 is 14.8 Å². The smallest absolute Gasteiger partial charge is 0.112 e. The highest BCUT2D eigenvalue weighted by Gasteiger charge is 2.21. The van der Waals surface area contributed by atoms with Crippen molar-refractivity contribution in [3.05, 3.63) is 17.7 Å². The van der Waals surface area contributed by atoms with Crippen LogP contribution >= 0.6 is 37.2 Å². The molecule has 1 N–H and O–H groups in total. The number of nitrogens with zero attached hydrogens (tertiary/aromatic N) is 3. The lowest BCUT2D eigenvalue weighted by molar-refractivity contribution is 0.316. The van der Waals surface area contributed by atoms with Gasteiger partial charge in [0, 0.05) is 25.2 Å². The number of hydrogen-bond donors (Lipinski definition) is 1. The summed E-state index contributed by atoms with van der Waals surface area (Å²) in [6.45, 7) is 9.46. The second-order valence-electron chi connectivity index (χ2n) is 6.96. The van der Waals surface area contributed by atoms with Crippen LogP contribution in [0.4, 0.5) is 0 Å². The van der Waals surface area contributed by atoms with E-state index in [-0.39, 0.29) is 37.2 Å². The van der Waals surface area contributed by atoms with E-state index >= 15 is 0 Å². The van der Waals surface area contributed by atoms with E-state index in [2.05, 4.69) is 27.9 Å². The van der Waals surface area contributed by atoms with Crippen LogP contribution in [0.25, 0.3) is 0 Å². The highest BCUT2D eigenvalue weighted by molar-refractivity contribution is 5.86. The van der Waals surface area contributed by atoms with Crippen molar-refractivity contribution in [2.24, 2.45) is 0 Å². The van der Waals surface area contributed by atoms with Crippen LogP contribution < -0.4 is 5.32 Å². The molecule has 2 aliphatic rings. The van der Waals surface area contributed by atoms with Gasteiger partial charge in [-0.2, -0.15) is 0 Å². The number of piperidine rings is 1. The Balaban J connectivity index is 0.00000192. The predicted molar refractivity (Wildman–Crippen MR) is 113 cm³/mol. The van der Waals surface area contributed by atoms with Gasteiger partial charge in [0.2, 0.25) is 0 Å². The number of aromatic nitrogens is 2. The van der Waals surface area contributed by atoms with Crippen LogP contribution in [0.3, 0.4) is 0 Å². The van der Waals surface area contributed by atoms with E-state index in [4.69, 9.17) is 4.98 Å². The minimum atomic E-state index is 0. The van der Waals surface area contributed by atoms with Crippen molar-refractivity contribution in [2.75, 3.05) is 32.7 Å². The third kappa shape index (κ3) is 7.26. The van der Waals surface area contributed by atoms with Gasteiger partial charge in [-0.15, -0.1) is 37.2 Å². The van der Waals surface area contributed by atoms with Gasteiger partial charge in [-0.05, 0) is 64.7 Å². The van der Waals surface area contributed by atoms with Crippen molar-refractivity contribution in [3.8, 4) is 0 Å². The van der Waals surface area contributed by atoms with Crippen molar-refractivity contribution in [2.45, 2.75) is 64.3 Å². The van der Waals surface area contributed by atoms with E-state index < -0.39 is 0 Å². The number of unbranched alkanes of at least 4 members (excludes halogenated alkanes) is 1. The number of aryl methyl sites for hydroxylation is 1. The lowest BCUT2D eigenvalue weighted by atomic mass is 9.97. The number of halogens is 3. The zero-order valence-electron chi connectivity index (χ0n) is 15.4.